The number of hydrogen-bond acceptors (Lipinski definition) is 3. The fourth-order valence-electron chi connectivity index (χ4n) is 1.78. The van der Waals surface area contributed by atoms with E-state index in [9.17, 15) is 4.79 Å². The first-order chi connectivity index (χ1) is 7.09. The van der Waals surface area contributed by atoms with Gasteiger partial charge in [0.15, 0.2) is 0 Å². The van der Waals surface area contributed by atoms with Crippen LogP contribution in [0.2, 0.25) is 0 Å². The van der Waals surface area contributed by atoms with E-state index < -0.39 is 0 Å². The molecule has 0 aromatic rings. The van der Waals surface area contributed by atoms with Crippen molar-refractivity contribution in [2.75, 3.05) is 18.8 Å². The maximum absolute atomic E-state index is 11.8. The van der Waals surface area contributed by atoms with Crippen LogP contribution >= 0.6 is 11.8 Å². The van der Waals surface area contributed by atoms with Gasteiger partial charge in [-0.25, -0.2) is 0 Å². The molecule has 0 spiro atoms. The Hall–Kier alpha value is -0.220. The van der Waals surface area contributed by atoms with Gasteiger partial charge < -0.3 is 10.6 Å². The predicted molar refractivity (Wildman–Crippen MR) is 66.0 cm³/mol. The summed E-state index contributed by atoms with van der Waals surface area (Å²) in [5.41, 5.74) is 5.65. The Kier molecular flexibility index (Phi) is 5.47. The monoisotopic (exact) mass is 230 g/mol. The van der Waals surface area contributed by atoms with E-state index in [1.54, 1.807) is 0 Å². The quantitative estimate of drug-likeness (QED) is 0.795. The van der Waals surface area contributed by atoms with E-state index in [0.717, 1.165) is 31.7 Å². The normalized spacial score (nSPS) is 23.9. The Morgan fingerprint density at radius 3 is 3.00 bits per heavy atom. The van der Waals surface area contributed by atoms with Gasteiger partial charge in [0, 0.05) is 36.6 Å². The molecule has 1 saturated heterocycles. The maximum Gasteiger partial charge on any atom is 0.222 e. The molecule has 1 aliphatic heterocycles. The molecule has 2 atom stereocenters. The first-order valence-corrected chi connectivity index (χ1v) is 6.79. The summed E-state index contributed by atoms with van der Waals surface area (Å²) < 4.78 is 0. The maximum atomic E-state index is 11.8. The van der Waals surface area contributed by atoms with Gasteiger partial charge in [0.1, 0.15) is 0 Å². The van der Waals surface area contributed by atoms with Gasteiger partial charge in [0.2, 0.25) is 5.91 Å². The second-order valence-corrected chi connectivity index (χ2v) is 5.94. The van der Waals surface area contributed by atoms with Crippen molar-refractivity contribution < 1.29 is 4.79 Å². The second kappa shape index (κ2) is 6.38. The van der Waals surface area contributed by atoms with Crippen molar-refractivity contribution >= 4 is 17.7 Å². The summed E-state index contributed by atoms with van der Waals surface area (Å²) in [5, 5.41) is 0.594. The SMILES string of the molecule is CC(N)CCCC(=O)N1CCSC(C)C1. The number of thioether (sulfide) groups is 1. The highest BCUT2D eigenvalue weighted by Crippen LogP contribution is 2.18. The van der Waals surface area contributed by atoms with Crippen LogP contribution in [-0.2, 0) is 4.79 Å². The van der Waals surface area contributed by atoms with Gasteiger partial charge in [-0.2, -0.15) is 11.8 Å². The van der Waals surface area contributed by atoms with E-state index in [4.69, 9.17) is 5.73 Å². The van der Waals surface area contributed by atoms with Gasteiger partial charge in [0.25, 0.3) is 0 Å². The summed E-state index contributed by atoms with van der Waals surface area (Å²) >= 11 is 1.95. The highest BCUT2D eigenvalue weighted by Gasteiger charge is 2.20. The van der Waals surface area contributed by atoms with Gasteiger partial charge in [-0.15, -0.1) is 0 Å². The van der Waals surface area contributed by atoms with Crippen molar-refractivity contribution in [3.05, 3.63) is 0 Å². The Morgan fingerprint density at radius 2 is 2.40 bits per heavy atom. The molecule has 0 aromatic heterocycles. The molecule has 1 rings (SSSR count). The molecule has 3 nitrogen and oxygen atoms in total. The average Bonchev–Trinajstić information content (AvgIpc) is 2.17. The molecule has 0 bridgehead atoms. The minimum Gasteiger partial charge on any atom is -0.341 e. The first kappa shape index (κ1) is 12.8. The molecule has 0 aliphatic carbocycles. The highest BCUT2D eigenvalue weighted by molar-refractivity contribution is 7.99. The summed E-state index contributed by atoms with van der Waals surface area (Å²) in [6.07, 6.45) is 2.54. The number of carbonyl (C=O) groups is 1. The zero-order chi connectivity index (χ0) is 11.3. The number of nitrogens with zero attached hydrogens (tertiary/aromatic N) is 1. The number of hydrogen-bond donors (Lipinski definition) is 1. The van der Waals surface area contributed by atoms with Crippen LogP contribution in [-0.4, -0.2) is 40.9 Å². The molecule has 1 heterocycles. The zero-order valence-corrected chi connectivity index (χ0v) is 10.6. The Morgan fingerprint density at radius 1 is 1.67 bits per heavy atom. The van der Waals surface area contributed by atoms with Gasteiger partial charge in [-0.3, -0.25) is 4.79 Å². The molecule has 2 N–H and O–H groups in total. The van der Waals surface area contributed by atoms with Crippen LogP contribution in [0.15, 0.2) is 0 Å². The molecule has 15 heavy (non-hydrogen) atoms. The largest absolute Gasteiger partial charge is 0.341 e. The summed E-state index contributed by atoms with van der Waals surface area (Å²) in [7, 11) is 0. The fraction of sp³-hybridized carbons (Fsp3) is 0.909. The topological polar surface area (TPSA) is 46.3 Å². The minimum atomic E-state index is 0.216. The Balaban J connectivity index is 2.21. The third kappa shape index (κ3) is 4.89. The number of rotatable bonds is 4. The lowest BCUT2D eigenvalue weighted by molar-refractivity contribution is -0.131. The number of carbonyl (C=O) groups excluding carboxylic acids is 1. The van der Waals surface area contributed by atoms with Crippen LogP contribution in [0.5, 0.6) is 0 Å². The van der Waals surface area contributed by atoms with E-state index in [-0.39, 0.29) is 6.04 Å². The first-order valence-electron chi connectivity index (χ1n) is 5.74. The molecule has 4 heteroatoms. The molecule has 2 unspecified atom stereocenters. The summed E-state index contributed by atoms with van der Waals surface area (Å²) in [5.74, 6) is 1.39. The molecule has 88 valence electrons. The van der Waals surface area contributed by atoms with Crippen LogP contribution in [0, 0.1) is 0 Å². The summed E-state index contributed by atoms with van der Waals surface area (Å²) in [6, 6.07) is 0.216. The molecule has 1 aliphatic rings. The van der Waals surface area contributed by atoms with Crippen molar-refractivity contribution in [2.45, 2.75) is 44.4 Å². The predicted octanol–water partition coefficient (Wildman–Crippen LogP) is 1.47. The van der Waals surface area contributed by atoms with Gasteiger partial charge >= 0.3 is 0 Å². The molecular weight excluding hydrogens is 208 g/mol. The molecular formula is C11H22N2OS. The number of nitrogens with two attached hydrogens (primary N) is 1. The van der Waals surface area contributed by atoms with Crippen molar-refractivity contribution in [3.8, 4) is 0 Å². The molecule has 0 aromatic carbocycles. The van der Waals surface area contributed by atoms with Crippen LogP contribution in [0.25, 0.3) is 0 Å². The van der Waals surface area contributed by atoms with Crippen LogP contribution in [0.4, 0.5) is 0 Å². The Labute approximate surface area is 96.8 Å². The van der Waals surface area contributed by atoms with Gasteiger partial charge in [0.05, 0.1) is 0 Å². The van der Waals surface area contributed by atoms with Crippen LogP contribution < -0.4 is 5.73 Å². The van der Waals surface area contributed by atoms with E-state index in [1.165, 1.54) is 0 Å². The minimum absolute atomic E-state index is 0.216. The van der Waals surface area contributed by atoms with Crippen molar-refractivity contribution in [1.29, 1.82) is 0 Å². The van der Waals surface area contributed by atoms with Crippen molar-refractivity contribution in [3.63, 3.8) is 0 Å². The van der Waals surface area contributed by atoms with Gasteiger partial charge in [-0.1, -0.05) is 6.92 Å². The molecule has 0 saturated carbocycles. The average molecular weight is 230 g/mol. The zero-order valence-electron chi connectivity index (χ0n) is 9.74. The summed E-state index contributed by atoms with van der Waals surface area (Å²) in [6.45, 7) is 6.02. The van der Waals surface area contributed by atoms with E-state index in [2.05, 4.69) is 6.92 Å². The number of amides is 1. The third-order valence-electron chi connectivity index (χ3n) is 2.64. The standard InChI is InChI=1S/C11H22N2OS/c1-9(12)4-3-5-11(14)13-6-7-15-10(2)8-13/h9-10H,3-8,12H2,1-2H3. The van der Waals surface area contributed by atoms with E-state index in [0.29, 0.717) is 17.6 Å². The van der Waals surface area contributed by atoms with Crippen molar-refractivity contribution in [1.82, 2.24) is 4.90 Å². The lowest BCUT2D eigenvalue weighted by Gasteiger charge is -2.30. The highest BCUT2D eigenvalue weighted by atomic mass is 32.2. The third-order valence-corrected chi connectivity index (χ3v) is 3.78. The molecule has 1 amide bonds. The summed E-state index contributed by atoms with van der Waals surface area (Å²) in [4.78, 5) is 13.8. The van der Waals surface area contributed by atoms with Crippen molar-refractivity contribution in [2.24, 2.45) is 5.73 Å². The van der Waals surface area contributed by atoms with Gasteiger partial charge in [-0.05, 0) is 19.8 Å². The van der Waals surface area contributed by atoms with E-state index >= 15 is 0 Å². The van der Waals surface area contributed by atoms with Crippen LogP contribution in [0.3, 0.4) is 0 Å². The molecule has 0 radical (unpaired) electrons. The smallest absolute Gasteiger partial charge is 0.222 e. The molecule has 1 fully saturated rings. The fourth-order valence-corrected chi connectivity index (χ4v) is 2.79. The Bertz CT molecular complexity index is 209. The lowest BCUT2D eigenvalue weighted by Crippen LogP contribution is -2.41. The second-order valence-electron chi connectivity index (χ2n) is 4.39. The lowest BCUT2D eigenvalue weighted by atomic mass is 10.1. The van der Waals surface area contributed by atoms with Crippen LogP contribution in [0.1, 0.15) is 33.1 Å². The van der Waals surface area contributed by atoms with E-state index in [1.807, 2.05) is 23.6 Å².